The molecule has 2 N–H and O–H groups in total. The summed E-state index contributed by atoms with van der Waals surface area (Å²) < 4.78 is 0. The molecule has 1 nitrogen and oxygen atoms in total. The second-order valence-electron chi connectivity index (χ2n) is 4.93. The normalized spacial score (nSPS) is 26.5. The Kier molecular flexibility index (Phi) is 2.99. The Labute approximate surface area is 92.7 Å². The first-order valence-electron chi connectivity index (χ1n) is 6.05. The summed E-state index contributed by atoms with van der Waals surface area (Å²) in [6.45, 7) is 4.54. The molecule has 1 heteroatoms. The molecule has 1 fully saturated rings. The van der Waals surface area contributed by atoms with Crippen LogP contribution in [-0.4, -0.2) is 0 Å². The predicted octanol–water partition coefficient (Wildman–Crippen LogP) is 3.87. The van der Waals surface area contributed by atoms with Gasteiger partial charge in [-0.2, -0.15) is 0 Å². The van der Waals surface area contributed by atoms with Crippen molar-refractivity contribution < 1.29 is 0 Å². The van der Waals surface area contributed by atoms with Crippen LogP contribution >= 0.6 is 0 Å². The first-order chi connectivity index (χ1) is 7.20. The standard InChI is InChI=1S/C14H21N/c1-10-6-3-4-7-12(10)13-8-5-9-14(15)11(13)2/h5,8-10,12H,3-4,6-7,15H2,1-2H3/t10-,12+/m1/s1. The molecule has 0 amide bonds. The van der Waals surface area contributed by atoms with Crippen LogP contribution in [0.3, 0.4) is 0 Å². The van der Waals surface area contributed by atoms with E-state index in [4.69, 9.17) is 5.73 Å². The lowest BCUT2D eigenvalue weighted by molar-refractivity contribution is 0.330. The Morgan fingerprint density at radius 2 is 1.93 bits per heavy atom. The molecule has 0 unspecified atom stereocenters. The van der Waals surface area contributed by atoms with Crippen LogP contribution in [0, 0.1) is 12.8 Å². The molecule has 1 aromatic carbocycles. The van der Waals surface area contributed by atoms with Gasteiger partial charge in [0.1, 0.15) is 0 Å². The number of nitrogen functional groups attached to an aromatic ring is 1. The van der Waals surface area contributed by atoms with Crippen molar-refractivity contribution >= 4 is 5.69 Å². The number of nitrogens with two attached hydrogens (primary N) is 1. The zero-order valence-electron chi connectivity index (χ0n) is 9.79. The molecule has 2 atom stereocenters. The molecule has 0 bridgehead atoms. The lowest BCUT2D eigenvalue weighted by Crippen LogP contribution is -2.16. The van der Waals surface area contributed by atoms with Gasteiger partial charge in [-0.1, -0.05) is 38.3 Å². The van der Waals surface area contributed by atoms with Crippen molar-refractivity contribution in [2.24, 2.45) is 5.92 Å². The Hall–Kier alpha value is -0.980. The maximum Gasteiger partial charge on any atom is 0.0346 e. The lowest BCUT2D eigenvalue weighted by atomic mass is 9.75. The Morgan fingerprint density at radius 3 is 2.67 bits per heavy atom. The van der Waals surface area contributed by atoms with Gasteiger partial charge in [-0.3, -0.25) is 0 Å². The van der Waals surface area contributed by atoms with Gasteiger partial charge in [-0.25, -0.2) is 0 Å². The number of hydrogen-bond donors (Lipinski definition) is 1. The highest BCUT2D eigenvalue weighted by atomic mass is 14.6. The van der Waals surface area contributed by atoms with E-state index in [1.807, 2.05) is 6.07 Å². The average Bonchev–Trinajstić information content (AvgIpc) is 2.23. The highest BCUT2D eigenvalue weighted by Crippen LogP contribution is 2.39. The van der Waals surface area contributed by atoms with Crippen LogP contribution in [0.5, 0.6) is 0 Å². The molecular weight excluding hydrogens is 182 g/mol. The van der Waals surface area contributed by atoms with Crippen LogP contribution in [0.15, 0.2) is 18.2 Å². The SMILES string of the molecule is Cc1c(N)cccc1[C@H]1CCCC[C@H]1C. The monoisotopic (exact) mass is 203 g/mol. The van der Waals surface area contributed by atoms with Gasteiger partial charge in [-0.05, 0) is 42.4 Å². The highest BCUT2D eigenvalue weighted by molar-refractivity contribution is 5.51. The Balaban J connectivity index is 2.31. The minimum absolute atomic E-state index is 0.738. The van der Waals surface area contributed by atoms with Gasteiger partial charge in [0.2, 0.25) is 0 Å². The molecular formula is C14H21N. The topological polar surface area (TPSA) is 26.0 Å². The van der Waals surface area contributed by atoms with E-state index in [1.165, 1.54) is 36.8 Å². The van der Waals surface area contributed by atoms with Gasteiger partial charge in [0.15, 0.2) is 0 Å². The van der Waals surface area contributed by atoms with Crippen molar-refractivity contribution in [3.8, 4) is 0 Å². The summed E-state index contributed by atoms with van der Waals surface area (Å²) in [7, 11) is 0. The van der Waals surface area contributed by atoms with Crippen LogP contribution in [0.2, 0.25) is 0 Å². The van der Waals surface area contributed by atoms with Crippen LogP contribution in [0.1, 0.15) is 49.7 Å². The Morgan fingerprint density at radius 1 is 1.20 bits per heavy atom. The second kappa shape index (κ2) is 4.26. The maximum atomic E-state index is 5.97. The van der Waals surface area contributed by atoms with E-state index >= 15 is 0 Å². The molecule has 82 valence electrons. The summed E-state index contributed by atoms with van der Waals surface area (Å²) in [5.41, 5.74) is 9.71. The van der Waals surface area contributed by atoms with Crippen molar-refractivity contribution in [2.75, 3.05) is 5.73 Å². The van der Waals surface area contributed by atoms with E-state index in [1.54, 1.807) is 0 Å². The molecule has 0 aromatic heterocycles. The third-order valence-electron chi connectivity index (χ3n) is 3.93. The largest absolute Gasteiger partial charge is 0.399 e. The minimum atomic E-state index is 0.738. The van der Waals surface area contributed by atoms with Gasteiger partial charge >= 0.3 is 0 Å². The quantitative estimate of drug-likeness (QED) is 0.689. The summed E-state index contributed by atoms with van der Waals surface area (Å²) >= 11 is 0. The molecule has 0 radical (unpaired) electrons. The molecule has 0 saturated heterocycles. The van der Waals surface area contributed by atoms with Crippen molar-refractivity contribution in [1.82, 2.24) is 0 Å². The average molecular weight is 203 g/mol. The van der Waals surface area contributed by atoms with Crippen LogP contribution in [-0.2, 0) is 0 Å². The van der Waals surface area contributed by atoms with Crippen LogP contribution < -0.4 is 5.73 Å². The zero-order valence-corrected chi connectivity index (χ0v) is 9.79. The second-order valence-corrected chi connectivity index (χ2v) is 4.93. The highest BCUT2D eigenvalue weighted by Gasteiger charge is 2.24. The number of anilines is 1. The van der Waals surface area contributed by atoms with Crippen molar-refractivity contribution in [3.63, 3.8) is 0 Å². The zero-order chi connectivity index (χ0) is 10.8. The van der Waals surface area contributed by atoms with E-state index < -0.39 is 0 Å². The summed E-state index contributed by atoms with van der Waals surface area (Å²) in [4.78, 5) is 0. The van der Waals surface area contributed by atoms with E-state index in [9.17, 15) is 0 Å². The smallest absolute Gasteiger partial charge is 0.0346 e. The molecule has 15 heavy (non-hydrogen) atoms. The molecule has 1 aliphatic rings. The number of benzene rings is 1. The predicted molar refractivity (Wildman–Crippen MR) is 66.0 cm³/mol. The fourth-order valence-electron chi connectivity index (χ4n) is 2.85. The summed E-state index contributed by atoms with van der Waals surface area (Å²) in [6, 6.07) is 6.36. The van der Waals surface area contributed by atoms with Gasteiger partial charge in [-0.15, -0.1) is 0 Å². The molecule has 2 rings (SSSR count). The lowest BCUT2D eigenvalue weighted by Gasteiger charge is -2.30. The van der Waals surface area contributed by atoms with E-state index in [0.717, 1.165) is 17.5 Å². The fraction of sp³-hybridized carbons (Fsp3) is 0.571. The van der Waals surface area contributed by atoms with Gasteiger partial charge in [0.05, 0.1) is 0 Å². The van der Waals surface area contributed by atoms with Crippen LogP contribution in [0.4, 0.5) is 5.69 Å². The summed E-state index contributed by atoms with van der Waals surface area (Å²) in [6.07, 6.45) is 5.49. The molecule has 0 aliphatic heterocycles. The third kappa shape index (κ3) is 2.01. The van der Waals surface area contributed by atoms with E-state index in [2.05, 4.69) is 26.0 Å². The van der Waals surface area contributed by atoms with E-state index in [-0.39, 0.29) is 0 Å². The van der Waals surface area contributed by atoms with Gasteiger partial charge < -0.3 is 5.73 Å². The number of rotatable bonds is 1. The van der Waals surface area contributed by atoms with E-state index in [0.29, 0.717) is 0 Å². The Bertz CT molecular complexity index is 343. The first kappa shape index (κ1) is 10.5. The van der Waals surface area contributed by atoms with Crippen molar-refractivity contribution in [3.05, 3.63) is 29.3 Å². The van der Waals surface area contributed by atoms with Crippen molar-refractivity contribution in [2.45, 2.75) is 45.4 Å². The first-order valence-corrected chi connectivity index (χ1v) is 6.05. The van der Waals surface area contributed by atoms with Gasteiger partial charge in [0, 0.05) is 5.69 Å². The molecule has 1 aliphatic carbocycles. The van der Waals surface area contributed by atoms with Crippen LogP contribution in [0.25, 0.3) is 0 Å². The molecule has 0 heterocycles. The third-order valence-corrected chi connectivity index (χ3v) is 3.93. The fourth-order valence-corrected chi connectivity index (χ4v) is 2.85. The summed E-state index contributed by atoms with van der Waals surface area (Å²) in [5.74, 6) is 1.56. The maximum absolute atomic E-state index is 5.97. The van der Waals surface area contributed by atoms with Gasteiger partial charge in [0.25, 0.3) is 0 Å². The number of hydrogen-bond acceptors (Lipinski definition) is 1. The summed E-state index contributed by atoms with van der Waals surface area (Å²) in [5, 5.41) is 0. The molecule has 0 spiro atoms. The molecule has 1 saturated carbocycles. The molecule has 1 aromatic rings. The van der Waals surface area contributed by atoms with Crippen molar-refractivity contribution in [1.29, 1.82) is 0 Å². The minimum Gasteiger partial charge on any atom is -0.399 e.